The molecule has 7 nitrogen and oxygen atoms in total. The van der Waals surface area contributed by atoms with Crippen LogP contribution in [0.2, 0.25) is 0 Å². The fourth-order valence-corrected chi connectivity index (χ4v) is 3.17. The van der Waals surface area contributed by atoms with Crippen LogP contribution in [0.4, 0.5) is 10.5 Å². The first kappa shape index (κ1) is 19.4. The third-order valence-electron chi connectivity index (χ3n) is 4.76. The molecular formula is C21H22N2O5. The number of methoxy groups -OCH3 is 2. The Hall–Kier alpha value is -3.35. The van der Waals surface area contributed by atoms with Crippen molar-refractivity contribution in [1.82, 2.24) is 5.32 Å². The molecule has 1 N–H and O–H groups in total. The number of aryl methyl sites for hydroxylation is 1. The monoisotopic (exact) mass is 382 g/mol. The summed E-state index contributed by atoms with van der Waals surface area (Å²) in [5, 5.41) is 2.28. The number of rotatable bonds is 6. The summed E-state index contributed by atoms with van der Waals surface area (Å²) < 4.78 is 10.5. The van der Waals surface area contributed by atoms with E-state index in [-0.39, 0.29) is 6.42 Å². The molecule has 146 valence electrons. The van der Waals surface area contributed by atoms with E-state index < -0.39 is 23.8 Å². The van der Waals surface area contributed by atoms with Gasteiger partial charge in [0.2, 0.25) is 11.8 Å². The standard InChI is InChI=1S/C21H22N2O5/c1-4-13-5-8-15(9-6-13)23-20(25)16(19(24)22-21(23)26)11-14-7-10-17(27-2)18(12-14)28-3/h5-10,12,16H,4,11H2,1-3H3,(H,22,24,26)/t16-/m1/s1. The Labute approximate surface area is 163 Å². The van der Waals surface area contributed by atoms with E-state index in [4.69, 9.17) is 9.47 Å². The Morgan fingerprint density at radius 1 is 0.929 bits per heavy atom. The molecule has 28 heavy (non-hydrogen) atoms. The first-order chi connectivity index (χ1) is 13.5. The van der Waals surface area contributed by atoms with Crippen molar-refractivity contribution in [2.45, 2.75) is 19.8 Å². The number of carbonyl (C=O) groups excluding carboxylic acids is 3. The van der Waals surface area contributed by atoms with E-state index in [0.29, 0.717) is 17.2 Å². The van der Waals surface area contributed by atoms with Gasteiger partial charge in [0, 0.05) is 0 Å². The molecule has 0 unspecified atom stereocenters. The van der Waals surface area contributed by atoms with Crippen molar-refractivity contribution in [1.29, 1.82) is 0 Å². The fraction of sp³-hybridized carbons (Fsp3) is 0.286. The molecule has 1 aliphatic heterocycles. The predicted octanol–water partition coefficient (Wildman–Crippen LogP) is 2.71. The second-order valence-corrected chi connectivity index (χ2v) is 6.43. The number of hydrogen-bond donors (Lipinski definition) is 1. The van der Waals surface area contributed by atoms with Crippen molar-refractivity contribution in [2.75, 3.05) is 19.1 Å². The largest absolute Gasteiger partial charge is 0.493 e. The van der Waals surface area contributed by atoms with Crippen LogP contribution < -0.4 is 19.7 Å². The van der Waals surface area contributed by atoms with Crippen LogP contribution >= 0.6 is 0 Å². The summed E-state index contributed by atoms with van der Waals surface area (Å²) in [6.07, 6.45) is 0.989. The molecule has 1 aliphatic rings. The molecular weight excluding hydrogens is 360 g/mol. The number of nitrogens with zero attached hydrogens (tertiary/aromatic N) is 1. The number of amides is 4. The van der Waals surface area contributed by atoms with Gasteiger partial charge in [0.1, 0.15) is 5.92 Å². The summed E-state index contributed by atoms with van der Waals surface area (Å²) >= 11 is 0. The summed E-state index contributed by atoms with van der Waals surface area (Å²) in [4.78, 5) is 38.6. The van der Waals surface area contributed by atoms with Crippen molar-refractivity contribution < 1.29 is 23.9 Å². The second-order valence-electron chi connectivity index (χ2n) is 6.43. The van der Waals surface area contributed by atoms with Crippen molar-refractivity contribution in [3.63, 3.8) is 0 Å². The van der Waals surface area contributed by atoms with Gasteiger partial charge in [-0.3, -0.25) is 14.9 Å². The van der Waals surface area contributed by atoms with E-state index in [9.17, 15) is 14.4 Å². The van der Waals surface area contributed by atoms with Crippen LogP contribution in [-0.2, 0) is 22.4 Å². The van der Waals surface area contributed by atoms with Crippen molar-refractivity contribution in [2.24, 2.45) is 5.92 Å². The van der Waals surface area contributed by atoms with Gasteiger partial charge in [-0.05, 0) is 48.2 Å². The number of carbonyl (C=O) groups is 3. The fourth-order valence-electron chi connectivity index (χ4n) is 3.17. The molecule has 1 fully saturated rings. The highest BCUT2D eigenvalue weighted by atomic mass is 16.5. The van der Waals surface area contributed by atoms with Crippen LogP contribution in [0.1, 0.15) is 18.1 Å². The molecule has 2 aromatic carbocycles. The maximum atomic E-state index is 13.0. The third-order valence-corrected chi connectivity index (χ3v) is 4.76. The molecule has 0 bridgehead atoms. The normalized spacial score (nSPS) is 16.8. The second kappa shape index (κ2) is 8.12. The Kier molecular flexibility index (Phi) is 5.63. The van der Waals surface area contributed by atoms with Crippen LogP contribution in [0.25, 0.3) is 0 Å². The molecule has 0 saturated carbocycles. The summed E-state index contributed by atoms with van der Waals surface area (Å²) in [7, 11) is 3.05. The summed E-state index contributed by atoms with van der Waals surface area (Å²) in [5.41, 5.74) is 2.25. The van der Waals surface area contributed by atoms with Crippen LogP contribution in [-0.4, -0.2) is 32.1 Å². The number of ether oxygens (including phenoxy) is 2. The summed E-state index contributed by atoms with van der Waals surface area (Å²) in [5.74, 6) is -1.11. The van der Waals surface area contributed by atoms with Gasteiger partial charge < -0.3 is 9.47 Å². The molecule has 1 atom stereocenters. The molecule has 4 amide bonds. The van der Waals surface area contributed by atoms with Gasteiger partial charge in [-0.1, -0.05) is 25.1 Å². The van der Waals surface area contributed by atoms with Gasteiger partial charge in [-0.15, -0.1) is 0 Å². The number of benzene rings is 2. The SMILES string of the molecule is CCc1ccc(N2C(=O)NC(=O)[C@@H](Cc3ccc(OC)c(OC)c3)C2=O)cc1. The smallest absolute Gasteiger partial charge is 0.335 e. The zero-order valence-electron chi connectivity index (χ0n) is 16.0. The average molecular weight is 382 g/mol. The lowest BCUT2D eigenvalue weighted by Crippen LogP contribution is -2.58. The van der Waals surface area contributed by atoms with Gasteiger partial charge in [0.25, 0.3) is 0 Å². The minimum absolute atomic E-state index is 0.141. The van der Waals surface area contributed by atoms with Crippen LogP contribution in [0.5, 0.6) is 11.5 Å². The minimum Gasteiger partial charge on any atom is -0.493 e. The predicted molar refractivity (Wildman–Crippen MR) is 104 cm³/mol. The maximum Gasteiger partial charge on any atom is 0.335 e. The molecule has 7 heteroatoms. The zero-order valence-corrected chi connectivity index (χ0v) is 16.0. The Morgan fingerprint density at radius 2 is 1.57 bits per heavy atom. The zero-order chi connectivity index (χ0) is 20.3. The van der Waals surface area contributed by atoms with E-state index in [1.807, 2.05) is 19.1 Å². The highest BCUT2D eigenvalue weighted by molar-refractivity contribution is 6.27. The first-order valence-corrected chi connectivity index (χ1v) is 8.97. The number of urea groups is 1. The molecule has 0 radical (unpaired) electrons. The number of hydrogen-bond acceptors (Lipinski definition) is 5. The lowest BCUT2D eigenvalue weighted by molar-refractivity contribution is -0.134. The highest BCUT2D eigenvalue weighted by Crippen LogP contribution is 2.30. The minimum atomic E-state index is -1.01. The van der Waals surface area contributed by atoms with Gasteiger partial charge in [0.15, 0.2) is 11.5 Å². The van der Waals surface area contributed by atoms with Gasteiger partial charge in [-0.25, -0.2) is 9.69 Å². The summed E-state index contributed by atoms with van der Waals surface area (Å²) in [6.45, 7) is 2.02. The van der Waals surface area contributed by atoms with Gasteiger partial charge >= 0.3 is 6.03 Å². The average Bonchev–Trinajstić information content (AvgIpc) is 2.71. The quantitative estimate of drug-likeness (QED) is 0.777. The molecule has 0 aliphatic carbocycles. The number of anilines is 1. The lowest BCUT2D eigenvalue weighted by Gasteiger charge is -2.30. The molecule has 1 saturated heterocycles. The summed E-state index contributed by atoms with van der Waals surface area (Å²) in [6, 6.07) is 11.6. The lowest BCUT2D eigenvalue weighted by atomic mass is 9.95. The van der Waals surface area contributed by atoms with Crippen LogP contribution in [0.15, 0.2) is 42.5 Å². The van der Waals surface area contributed by atoms with Gasteiger partial charge in [-0.2, -0.15) is 0 Å². The van der Waals surface area contributed by atoms with E-state index >= 15 is 0 Å². The van der Waals surface area contributed by atoms with Crippen molar-refractivity contribution in [3.8, 4) is 11.5 Å². The van der Waals surface area contributed by atoms with Gasteiger partial charge in [0.05, 0.1) is 19.9 Å². The number of nitrogens with one attached hydrogen (secondary N) is 1. The molecule has 1 heterocycles. The number of imide groups is 2. The topological polar surface area (TPSA) is 84.9 Å². The van der Waals surface area contributed by atoms with Crippen LogP contribution in [0.3, 0.4) is 0 Å². The Bertz CT molecular complexity index is 908. The van der Waals surface area contributed by atoms with E-state index in [1.165, 1.54) is 14.2 Å². The first-order valence-electron chi connectivity index (χ1n) is 8.97. The maximum absolute atomic E-state index is 13.0. The Balaban J connectivity index is 1.87. The molecule has 3 rings (SSSR count). The van der Waals surface area contributed by atoms with E-state index in [0.717, 1.165) is 22.4 Å². The number of barbiturate groups is 1. The van der Waals surface area contributed by atoms with Crippen molar-refractivity contribution >= 4 is 23.5 Å². The van der Waals surface area contributed by atoms with Crippen LogP contribution in [0, 0.1) is 5.92 Å². The van der Waals surface area contributed by atoms with E-state index in [2.05, 4.69) is 5.32 Å². The van der Waals surface area contributed by atoms with E-state index in [1.54, 1.807) is 30.3 Å². The van der Waals surface area contributed by atoms with Crippen molar-refractivity contribution in [3.05, 3.63) is 53.6 Å². The highest BCUT2D eigenvalue weighted by Gasteiger charge is 2.41. The molecule has 0 aromatic heterocycles. The third kappa shape index (κ3) is 3.69. The molecule has 2 aromatic rings. The molecule has 0 spiro atoms. The Morgan fingerprint density at radius 3 is 2.18 bits per heavy atom.